The summed E-state index contributed by atoms with van der Waals surface area (Å²) >= 11 is 12.1. The number of azo groups is 1. The number of anilines is 3. The Labute approximate surface area is 278 Å². The second-order valence-corrected chi connectivity index (χ2v) is 15.1. The third kappa shape index (κ3) is 8.38. The van der Waals surface area contributed by atoms with Crippen molar-refractivity contribution in [2.75, 3.05) is 21.5 Å². The smallest absolute Gasteiger partial charge is 0.296 e. The minimum absolute atomic E-state index is 0.0541. The maximum atomic E-state index is 13.1. The molecule has 1 heterocycles. The molecule has 16 nitrogen and oxygen atoms in total. The zero-order valence-corrected chi connectivity index (χ0v) is 27.7. The molecule has 4 N–H and O–H groups in total. The van der Waals surface area contributed by atoms with Gasteiger partial charge in [0, 0.05) is 22.3 Å². The van der Waals surface area contributed by atoms with Crippen LogP contribution in [0.2, 0.25) is 10.0 Å². The molecule has 0 bridgehead atoms. The summed E-state index contributed by atoms with van der Waals surface area (Å²) < 4.78 is 89.6. The van der Waals surface area contributed by atoms with Crippen molar-refractivity contribution in [1.29, 1.82) is 0 Å². The van der Waals surface area contributed by atoms with Crippen molar-refractivity contribution in [3.8, 4) is 0 Å². The van der Waals surface area contributed by atoms with Crippen molar-refractivity contribution in [1.82, 2.24) is 0 Å². The zero-order valence-electron chi connectivity index (χ0n) is 23.7. The fraction of sp³-hybridized carbons (Fsp3) is 0.115. The Bertz CT molecular complexity index is 2190. The van der Waals surface area contributed by atoms with Crippen LogP contribution in [0.25, 0.3) is 0 Å². The molecule has 1 aliphatic rings. The second-order valence-electron chi connectivity index (χ2n) is 9.56. The molecule has 2 amide bonds. The molecule has 1 unspecified atom stereocenters. The van der Waals surface area contributed by atoms with E-state index in [9.17, 15) is 43.9 Å². The average molecular weight is 746 g/mol. The Balaban J connectivity index is 1.53. The number of nitrogens with zero attached hydrogens (tertiary/aromatic N) is 4. The summed E-state index contributed by atoms with van der Waals surface area (Å²) in [5.41, 5.74) is 0.0189. The van der Waals surface area contributed by atoms with Crippen LogP contribution in [-0.4, -0.2) is 63.8 Å². The van der Waals surface area contributed by atoms with Crippen LogP contribution in [0.5, 0.6) is 0 Å². The standard InChI is InChI=1S/C26H22Cl2N6O10S3/c1-3-45(37,38)13-29-16-6-4-15(5-7-16)25(35)30-17-8-9-20(23(10-17)47(42,43)44)31-32-24-14(2)33-34(26(24)36)21-11-19(28)22(12-18(21)27)46(39,40)41/h3-12,24,29H,1,13H2,2H3,(H,30,35)(H,39,40,41)(H,42,43,44). The van der Waals surface area contributed by atoms with Gasteiger partial charge >= 0.3 is 0 Å². The van der Waals surface area contributed by atoms with Crippen LogP contribution in [0.15, 0.2) is 91.7 Å². The van der Waals surface area contributed by atoms with Crippen LogP contribution in [0, 0.1) is 0 Å². The molecule has 1 atom stereocenters. The van der Waals surface area contributed by atoms with Crippen LogP contribution in [0.4, 0.5) is 22.7 Å². The lowest BCUT2D eigenvalue weighted by Gasteiger charge is -2.15. The second kappa shape index (κ2) is 13.5. The molecule has 248 valence electrons. The molecule has 0 aliphatic carbocycles. The van der Waals surface area contributed by atoms with Gasteiger partial charge in [0.1, 0.15) is 21.4 Å². The molecule has 47 heavy (non-hydrogen) atoms. The first-order valence-electron chi connectivity index (χ1n) is 12.7. The fourth-order valence-electron chi connectivity index (χ4n) is 3.93. The highest BCUT2D eigenvalue weighted by atomic mass is 35.5. The highest BCUT2D eigenvalue weighted by Crippen LogP contribution is 2.37. The largest absolute Gasteiger partial charge is 0.371 e. The van der Waals surface area contributed by atoms with E-state index in [1.807, 2.05) is 0 Å². The third-order valence-corrected chi connectivity index (χ3v) is 9.82. The minimum Gasteiger partial charge on any atom is -0.371 e. The van der Waals surface area contributed by atoms with Crippen molar-refractivity contribution in [3.05, 3.63) is 82.2 Å². The van der Waals surface area contributed by atoms with Crippen molar-refractivity contribution in [2.45, 2.75) is 22.8 Å². The van der Waals surface area contributed by atoms with Crippen molar-refractivity contribution >= 4 is 93.6 Å². The Hall–Kier alpha value is -4.24. The lowest BCUT2D eigenvalue weighted by atomic mass is 10.2. The van der Waals surface area contributed by atoms with Gasteiger partial charge in [-0.25, -0.2) is 8.42 Å². The monoisotopic (exact) mass is 744 g/mol. The number of hydrogen-bond donors (Lipinski definition) is 4. The van der Waals surface area contributed by atoms with Crippen LogP contribution < -0.4 is 15.6 Å². The molecule has 0 radical (unpaired) electrons. The predicted molar refractivity (Wildman–Crippen MR) is 173 cm³/mol. The molecular weight excluding hydrogens is 723 g/mol. The summed E-state index contributed by atoms with van der Waals surface area (Å²) in [5, 5.41) is 17.7. The molecule has 21 heteroatoms. The maximum Gasteiger partial charge on any atom is 0.296 e. The summed E-state index contributed by atoms with van der Waals surface area (Å²) in [7, 11) is -13.2. The minimum atomic E-state index is -4.93. The van der Waals surface area contributed by atoms with Crippen LogP contribution in [-0.2, 0) is 34.9 Å². The number of benzene rings is 3. The molecule has 0 fully saturated rings. The molecule has 0 spiro atoms. The van der Waals surface area contributed by atoms with Crippen LogP contribution in [0.3, 0.4) is 0 Å². The van der Waals surface area contributed by atoms with E-state index in [0.717, 1.165) is 34.7 Å². The Morgan fingerprint density at radius 1 is 0.957 bits per heavy atom. The summed E-state index contributed by atoms with van der Waals surface area (Å²) in [6.45, 7) is 4.62. The number of hydrogen-bond acceptors (Lipinski definition) is 12. The van der Waals surface area contributed by atoms with Gasteiger partial charge in [0.2, 0.25) is 0 Å². The summed E-state index contributed by atoms with van der Waals surface area (Å²) in [4.78, 5) is 24.4. The van der Waals surface area contributed by atoms with E-state index in [0.29, 0.717) is 5.69 Å². The van der Waals surface area contributed by atoms with E-state index in [1.165, 1.54) is 37.3 Å². The highest BCUT2D eigenvalue weighted by Gasteiger charge is 2.36. The van der Waals surface area contributed by atoms with Crippen molar-refractivity contribution < 1.29 is 43.9 Å². The number of hydrazone groups is 1. The number of carbonyl (C=O) groups excluding carboxylic acids is 2. The predicted octanol–water partition coefficient (Wildman–Crippen LogP) is 4.54. The van der Waals surface area contributed by atoms with Gasteiger partial charge in [-0.15, -0.1) is 0 Å². The summed E-state index contributed by atoms with van der Waals surface area (Å²) in [6, 6.07) is 9.40. The van der Waals surface area contributed by atoms with E-state index in [1.54, 1.807) is 0 Å². The first kappa shape index (κ1) is 35.6. The van der Waals surface area contributed by atoms with E-state index >= 15 is 0 Å². The quantitative estimate of drug-likeness (QED) is 0.157. The van der Waals surface area contributed by atoms with Gasteiger partial charge in [-0.3, -0.25) is 18.7 Å². The third-order valence-electron chi connectivity index (χ3n) is 6.26. The Kier molecular flexibility index (Phi) is 10.2. The average Bonchev–Trinajstić information content (AvgIpc) is 3.27. The summed E-state index contributed by atoms with van der Waals surface area (Å²) in [5.74, 6) is -1.90. The molecule has 3 aromatic carbocycles. The number of sulfone groups is 1. The van der Waals surface area contributed by atoms with Gasteiger partial charge < -0.3 is 10.6 Å². The molecule has 4 rings (SSSR count). The lowest BCUT2D eigenvalue weighted by Crippen LogP contribution is -2.30. The zero-order chi connectivity index (χ0) is 34.9. The van der Waals surface area contributed by atoms with Gasteiger partial charge in [0.15, 0.2) is 15.9 Å². The van der Waals surface area contributed by atoms with E-state index in [2.05, 4.69) is 32.5 Å². The first-order chi connectivity index (χ1) is 21.8. The fourth-order valence-corrected chi connectivity index (χ4v) is 6.39. The molecule has 1 aliphatic heterocycles. The van der Waals surface area contributed by atoms with E-state index in [-0.39, 0.29) is 27.7 Å². The van der Waals surface area contributed by atoms with Gasteiger partial charge in [-0.2, -0.15) is 37.2 Å². The van der Waals surface area contributed by atoms with Gasteiger partial charge in [0.25, 0.3) is 32.1 Å². The van der Waals surface area contributed by atoms with Gasteiger partial charge in [-0.05, 0) is 61.5 Å². The summed E-state index contributed by atoms with van der Waals surface area (Å²) in [6.07, 6.45) is 0. The normalized spacial score (nSPS) is 15.5. The topological polar surface area (TPSA) is 241 Å². The Morgan fingerprint density at radius 3 is 2.17 bits per heavy atom. The number of halogens is 2. The van der Waals surface area contributed by atoms with Crippen LogP contribution in [0.1, 0.15) is 17.3 Å². The number of carbonyl (C=O) groups is 2. The van der Waals surface area contributed by atoms with E-state index < -0.39 is 74.3 Å². The molecular formula is C26H22Cl2N6O10S3. The Morgan fingerprint density at radius 2 is 1.57 bits per heavy atom. The van der Waals surface area contributed by atoms with Crippen LogP contribution >= 0.6 is 23.2 Å². The number of rotatable bonds is 11. The maximum absolute atomic E-state index is 13.1. The van der Waals surface area contributed by atoms with Crippen molar-refractivity contribution in [2.24, 2.45) is 15.3 Å². The van der Waals surface area contributed by atoms with Gasteiger partial charge in [0.05, 0.1) is 21.4 Å². The highest BCUT2D eigenvalue weighted by molar-refractivity contribution is 7.94. The number of nitrogens with one attached hydrogen (secondary N) is 2. The molecule has 0 saturated carbocycles. The molecule has 0 aromatic heterocycles. The molecule has 3 aromatic rings. The first-order valence-corrected chi connectivity index (χ1v) is 18.0. The van der Waals surface area contributed by atoms with E-state index in [4.69, 9.17) is 23.2 Å². The molecule has 0 saturated heterocycles. The van der Waals surface area contributed by atoms with Gasteiger partial charge in [-0.1, -0.05) is 29.8 Å². The number of amides is 2. The van der Waals surface area contributed by atoms with Crippen molar-refractivity contribution in [3.63, 3.8) is 0 Å². The lowest BCUT2D eigenvalue weighted by molar-refractivity contribution is -0.117. The SMILES string of the molecule is C=CS(=O)(=O)CNc1ccc(C(=O)Nc2ccc(N=NC3C(=O)N(c4cc(Cl)c(S(=O)(=O)O)cc4Cl)N=C3C)c(S(=O)(=O)O)c2)cc1.